The third kappa shape index (κ3) is 3.91. The van der Waals surface area contributed by atoms with Gasteiger partial charge in [0.15, 0.2) is 0 Å². The number of nitrogens with zero attached hydrogens (tertiary/aromatic N) is 6. The highest BCUT2D eigenvalue weighted by Gasteiger charge is 2.52. The fraction of sp³-hybridized carbons (Fsp3) is 0.333. The molecule has 0 aliphatic heterocycles. The lowest BCUT2D eigenvalue weighted by Gasteiger charge is -2.18. The molecule has 194 valence electrons. The highest BCUT2D eigenvalue weighted by molar-refractivity contribution is 6.03. The second kappa shape index (κ2) is 8.97. The maximum absolute atomic E-state index is 12.0. The number of hydrogen-bond acceptors (Lipinski definition) is 6. The number of carbonyl (C=O) groups is 1. The molecule has 38 heavy (non-hydrogen) atoms. The molecule has 1 aliphatic carbocycles. The number of pyridine rings is 1. The predicted molar refractivity (Wildman–Crippen MR) is 149 cm³/mol. The van der Waals surface area contributed by atoms with Gasteiger partial charge in [-0.3, -0.25) is 9.48 Å². The zero-order chi connectivity index (χ0) is 26.7. The van der Waals surface area contributed by atoms with Gasteiger partial charge in [0.25, 0.3) is 0 Å². The van der Waals surface area contributed by atoms with Gasteiger partial charge in [-0.05, 0) is 55.5 Å². The van der Waals surface area contributed by atoms with Gasteiger partial charge in [-0.25, -0.2) is 9.67 Å². The van der Waals surface area contributed by atoms with Crippen LogP contribution in [-0.2, 0) is 16.6 Å². The number of esters is 1. The Morgan fingerprint density at radius 2 is 1.92 bits per heavy atom. The minimum atomic E-state index is -0.117. The number of aryl methyl sites for hydroxylation is 3. The summed E-state index contributed by atoms with van der Waals surface area (Å²) >= 11 is 0. The van der Waals surface area contributed by atoms with Crippen molar-refractivity contribution in [1.29, 1.82) is 0 Å². The Labute approximate surface area is 221 Å². The zero-order valence-electron chi connectivity index (χ0n) is 22.6. The molecule has 3 heterocycles. The first kappa shape index (κ1) is 24.2. The van der Waals surface area contributed by atoms with Gasteiger partial charge in [0.1, 0.15) is 11.5 Å². The van der Waals surface area contributed by atoms with Gasteiger partial charge >= 0.3 is 5.97 Å². The van der Waals surface area contributed by atoms with Crippen molar-refractivity contribution in [2.75, 3.05) is 25.6 Å². The van der Waals surface area contributed by atoms with Crippen molar-refractivity contribution in [3.63, 3.8) is 0 Å². The van der Waals surface area contributed by atoms with Crippen LogP contribution >= 0.6 is 0 Å². The van der Waals surface area contributed by atoms with E-state index < -0.39 is 0 Å². The van der Waals surface area contributed by atoms with Gasteiger partial charge in [0.05, 0.1) is 35.9 Å². The van der Waals surface area contributed by atoms with E-state index in [2.05, 4.69) is 61.2 Å². The second-order valence-electron chi connectivity index (χ2n) is 10.6. The van der Waals surface area contributed by atoms with E-state index in [-0.39, 0.29) is 17.8 Å². The van der Waals surface area contributed by atoms with Crippen LogP contribution in [0.5, 0.6) is 0 Å². The van der Waals surface area contributed by atoms with Gasteiger partial charge in [0, 0.05) is 43.2 Å². The SMILES string of the molecule is COC(=O)C1C(C)C1CN(C)c1ccc(-n2nc(-c3cccc4nn(C)cc34)c3cc(C)cc(C)c32)cn1. The van der Waals surface area contributed by atoms with E-state index in [9.17, 15) is 4.79 Å². The molecule has 0 saturated heterocycles. The summed E-state index contributed by atoms with van der Waals surface area (Å²) in [5.41, 5.74) is 7.28. The lowest BCUT2D eigenvalue weighted by atomic mass is 10.0. The smallest absolute Gasteiger partial charge is 0.309 e. The van der Waals surface area contributed by atoms with Crippen LogP contribution in [0.2, 0.25) is 0 Å². The quantitative estimate of drug-likeness (QED) is 0.298. The predicted octanol–water partition coefficient (Wildman–Crippen LogP) is 5.08. The summed E-state index contributed by atoms with van der Waals surface area (Å²) < 4.78 is 8.80. The van der Waals surface area contributed by atoms with Crippen LogP contribution < -0.4 is 4.90 Å². The molecule has 0 spiro atoms. The van der Waals surface area contributed by atoms with E-state index >= 15 is 0 Å². The fourth-order valence-electron chi connectivity index (χ4n) is 5.87. The van der Waals surface area contributed by atoms with Crippen LogP contribution in [0.15, 0.2) is 54.9 Å². The molecule has 6 rings (SSSR count). The Bertz CT molecular complexity index is 1680. The first-order valence-electron chi connectivity index (χ1n) is 12.9. The number of rotatable bonds is 6. The molecule has 1 saturated carbocycles. The number of methoxy groups -OCH3 is 1. The molecule has 2 aromatic carbocycles. The third-order valence-electron chi connectivity index (χ3n) is 7.92. The van der Waals surface area contributed by atoms with E-state index in [4.69, 9.17) is 14.8 Å². The summed E-state index contributed by atoms with van der Waals surface area (Å²) in [6.07, 6.45) is 3.93. The minimum Gasteiger partial charge on any atom is -0.469 e. The molecule has 0 bridgehead atoms. The summed E-state index contributed by atoms with van der Waals surface area (Å²) in [4.78, 5) is 18.9. The van der Waals surface area contributed by atoms with Crippen LogP contribution in [0.1, 0.15) is 18.1 Å². The molecule has 3 aromatic heterocycles. The third-order valence-corrected chi connectivity index (χ3v) is 7.92. The average molecular weight is 509 g/mol. The Morgan fingerprint density at radius 1 is 1.11 bits per heavy atom. The van der Waals surface area contributed by atoms with Crippen LogP contribution in [0, 0.1) is 31.6 Å². The summed E-state index contributed by atoms with van der Waals surface area (Å²) in [6.45, 7) is 7.12. The van der Waals surface area contributed by atoms with Crippen LogP contribution in [0.25, 0.3) is 38.8 Å². The van der Waals surface area contributed by atoms with Gasteiger partial charge in [0.2, 0.25) is 0 Å². The molecule has 8 nitrogen and oxygen atoms in total. The molecule has 0 amide bonds. The molecule has 3 unspecified atom stereocenters. The monoisotopic (exact) mass is 508 g/mol. The number of fused-ring (bicyclic) bond motifs is 2. The van der Waals surface area contributed by atoms with Crippen molar-refractivity contribution in [2.24, 2.45) is 24.8 Å². The minimum absolute atomic E-state index is 0.0220. The standard InChI is InChI=1S/C30H32N6O2/c1-17-12-18(2)29-22(13-17)28(21-8-7-9-25-24(21)16-35(5)32-25)33-36(29)20-10-11-26(31-14-20)34(4)15-23-19(3)27(23)30(37)38-6/h7-14,16,19,23,27H,15H2,1-6H3. The number of carbonyl (C=O) groups excluding carboxylic acids is 1. The Morgan fingerprint density at radius 3 is 2.66 bits per heavy atom. The van der Waals surface area contributed by atoms with Crippen molar-refractivity contribution >= 4 is 33.6 Å². The van der Waals surface area contributed by atoms with E-state index in [1.807, 2.05) is 47.9 Å². The van der Waals surface area contributed by atoms with Crippen LogP contribution in [0.3, 0.4) is 0 Å². The highest BCUT2D eigenvalue weighted by Crippen LogP contribution is 2.47. The van der Waals surface area contributed by atoms with E-state index in [1.54, 1.807) is 0 Å². The normalized spacial score (nSPS) is 18.7. The number of hydrogen-bond donors (Lipinski definition) is 0. The van der Waals surface area contributed by atoms with Crippen LogP contribution in [-0.4, -0.2) is 51.2 Å². The zero-order valence-corrected chi connectivity index (χ0v) is 22.6. The van der Waals surface area contributed by atoms with Gasteiger partial charge in [-0.15, -0.1) is 0 Å². The molecule has 1 fully saturated rings. The number of aromatic nitrogens is 5. The average Bonchev–Trinajstić information content (AvgIpc) is 3.20. The van der Waals surface area contributed by atoms with E-state index in [0.29, 0.717) is 5.92 Å². The summed E-state index contributed by atoms with van der Waals surface area (Å²) in [5, 5.41) is 11.9. The molecule has 5 aromatic rings. The molecular formula is C30H32N6O2. The largest absolute Gasteiger partial charge is 0.469 e. The fourth-order valence-corrected chi connectivity index (χ4v) is 5.87. The van der Waals surface area contributed by atoms with Gasteiger partial charge in [-0.1, -0.05) is 30.7 Å². The number of anilines is 1. The molecular weight excluding hydrogens is 476 g/mol. The maximum atomic E-state index is 12.0. The maximum Gasteiger partial charge on any atom is 0.309 e. The number of ether oxygens (including phenoxy) is 1. The molecule has 0 radical (unpaired) electrons. The Balaban J connectivity index is 1.38. The number of benzene rings is 2. The van der Waals surface area contributed by atoms with E-state index in [1.165, 1.54) is 12.7 Å². The lowest BCUT2D eigenvalue weighted by Crippen LogP contribution is -2.23. The lowest BCUT2D eigenvalue weighted by molar-refractivity contribution is -0.142. The first-order valence-corrected chi connectivity index (χ1v) is 12.9. The first-order chi connectivity index (χ1) is 18.3. The summed E-state index contributed by atoms with van der Waals surface area (Å²) in [7, 11) is 5.42. The van der Waals surface area contributed by atoms with Crippen molar-refractivity contribution in [3.05, 3.63) is 66.0 Å². The van der Waals surface area contributed by atoms with Gasteiger partial charge in [-0.2, -0.15) is 10.2 Å². The summed E-state index contributed by atoms with van der Waals surface area (Å²) in [5.74, 6) is 1.33. The highest BCUT2D eigenvalue weighted by atomic mass is 16.5. The molecule has 0 N–H and O–H groups in total. The molecule has 1 aliphatic rings. The van der Waals surface area contributed by atoms with Crippen molar-refractivity contribution in [2.45, 2.75) is 20.8 Å². The second-order valence-corrected chi connectivity index (χ2v) is 10.6. The van der Waals surface area contributed by atoms with Crippen molar-refractivity contribution in [1.82, 2.24) is 24.5 Å². The van der Waals surface area contributed by atoms with Gasteiger partial charge < -0.3 is 9.64 Å². The molecule has 8 heteroatoms. The van der Waals surface area contributed by atoms with Crippen molar-refractivity contribution in [3.8, 4) is 16.9 Å². The summed E-state index contributed by atoms with van der Waals surface area (Å²) in [6, 6.07) is 14.7. The van der Waals surface area contributed by atoms with Crippen LogP contribution in [0.4, 0.5) is 5.82 Å². The molecule has 3 atom stereocenters. The Hall–Kier alpha value is -4.20. The Kier molecular flexibility index (Phi) is 5.70. The van der Waals surface area contributed by atoms with E-state index in [0.717, 1.165) is 56.7 Å². The topological polar surface area (TPSA) is 78.1 Å². The van der Waals surface area contributed by atoms with Crippen molar-refractivity contribution < 1.29 is 9.53 Å².